The van der Waals surface area contributed by atoms with Crippen molar-refractivity contribution >= 4 is 27.8 Å². The van der Waals surface area contributed by atoms with E-state index in [9.17, 15) is 0 Å². The summed E-state index contributed by atoms with van der Waals surface area (Å²) in [5, 5.41) is 3.66. The van der Waals surface area contributed by atoms with Gasteiger partial charge >= 0.3 is 0 Å². The zero-order valence-corrected chi connectivity index (χ0v) is 23.2. The Hall–Kier alpha value is -5.21. The molecule has 6 rings (SSSR count). The molecule has 4 aromatic carbocycles. The Bertz CT molecular complexity index is 1800. The summed E-state index contributed by atoms with van der Waals surface area (Å²) < 4.78 is 0. The summed E-state index contributed by atoms with van der Waals surface area (Å²) in [7, 11) is 0. The number of fused-ring (bicyclic) bond motifs is 5. The minimum Gasteiger partial charge on any atom is -0.361 e. The molecule has 0 fully saturated rings. The van der Waals surface area contributed by atoms with E-state index in [1.54, 1.807) is 12.2 Å². The number of nitrogens with one attached hydrogen (secondary N) is 1. The van der Waals surface area contributed by atoms with E-state index in [-0.39, 0.29) is 0 Å². The largest absolute Gasteiger partial charge is 0.361 e. The molecule has 41 heavy (non-hydrogen) atoms. The number of H-pyrrole nitrogens is 1. The average molecular weight is 531 g/mol. The predicted molar refractivity (Wildman–Crippen MR) is 177 cm³/mol. The van der Waals surface area contributed by atoms with Gasteiger partial charge in [-0.25, -0.2) is 0 Å². The Kier molecular flexibility index (Phi) is 9.16. The second kappa shape index (κ2) is 13.7. The zero-order chi connectivity index (χ0) is 28.3. The number of aromatic amines is 1. The van der Waals surface area contributed by atoms with Gasteiger partial charge in [0.15, 0.2) is 0 Å². The first-order chi connectivity index (χ1) is 20.3. The van der Waals surface area contributed by atoms with Crippen molar-refractivity contribution < 1.29 is 0 Å². The molecule has 0 atom stereocenters. The van der Waals surface area contributed by atoms with Crippen molar-refractivity contribution in [1.29, 1.82) is 0 Å². The van der Waals surface area contributed by atoms with E-state index in [1.807, 2.05) is 18.5 Å². The second-order valence-electron chi connectivity index (χ2n) is 9.69. The molecule has 0 amide bonds. The van der Waals surface area contributed by atoms with Crippen LogP contribution in [0.15, 0.2) is 159 Å². The van der Waals surface area contributed by atoms with E-state index in [0.717, 1.165) is 35.2 Å². The summed E-state index contributed by atoms with van der Waals surface area (Å²) in [5.74, 6) is 0. The molecule has 0 saturated heterocycles. The molecule has 200 valence electrons. The average Bonchev–Trinajstić information content (AvgIpc) is 3.06. The first kappa shape index (κ1) is 27.4. The van der Waals surface area contributed by atoms with Gasteiger partial charge < -0.3 is 4.98 Å². The highest BCUT2D eigenvalue weighted by atomic mass is 14.7. The van der Waals surface area contributed by atoms with Crippen molar-refractivity contribution in [2.24, 2.45) is 0 Å². The van der Waals surface area contributed by atoms with Crippen LogP contribution in [-0.4, -0.2) is 9.97 Å². The Labute approximate surface area is 242 Å². The quantitative estimate of drug-likeness (QED) is 0.231. The van der Waals surface area contributed by atoms with Gasteiger partial charge in [-0.3, -0.25) is 4.98 Å². The third-order valence-electron chi connectivity index (χ3n) is 7.08. The van der Waals surface area contributed by atoms with E-state index >= 15 is 0 Å². The van der Waals surface area contributed by atoms with Gasteiger partial charge in [-0.05, 0) is 75.7 Å². The standard InChI is InChI=1S/C35H28N2.C4H6/c1-2-10-26(11-3-1)27-18-20-28(21-19-27)29-22-24-36-34-16-8-6-14-32(34)30-12-4-5-13-31(30)33-15-7-9-17-35(33)37-25-23-29;1-3-4-2/h1-6,8-14,16-25,36H,7,15H2;3-4H,1-2H2. The normalized spacial score (nSPS) is 11.3. The molecule has 2 nitrogen and oxygen atoms in total. The molecule has 5 aromatic rings. The number of aromatic nitrogens is 2. The Morgan fingerprint density at radius 2 is 1.17 bits per heavy atom. The van der Waals surface area contributed by atoms with Crippen LogP contribution in [0, 0.1) is 0 Å². The molecule has 0 bridgehead atoms. The van der Waals surface area contributed by atoms with Crippen LogP contribution in [0.5, 0.6) is 0 Å². The van der Waals surface area contributed by atoms with E-state index in [0.29, 0.717) is 0 Å². The zero-order valence-electron chi connectivity index (χ0n) is 23.2. The van der Waals surface area contributed by atoms with Crippen molar-refractivity contribution in [2.45, 2.75) is 12.8 Å². The Balaban J connectivity index is 0.000000794. The molecule has 1 aromatic heterocycles. The fourth-order valence-electron chi connectivity index (χ4n) is 5.02. The first-order valence-corrected chi connectivity index (χ1v) is 13.9. The Morgan fingerprint density at radius 3 is 1.88 bits per heavy atom. The second-order valence-corrected chi connectivity index (χ2v) is 9.69. The number of allylic oxidation sites excluding steroid dienone is 3. The van der Waals surface area contributed by atoms with Crippen LogP contribution in [0.3, 0.4) is 0 Å². The molecule has 0 spiro atoms. The van der Waals surface area contributed by atoms with Crippen LogP contribution >= 0.6 is 0 Å². The molecular weight excluding hydrogens is 496 g/mol. The van der Waals surface area contributed by atoms with Crippen LogP contribution in [0.4, 0.5) is 0 Å². The van der Waals surface area contributed by atoms with Gasteiger partial charge in [0, 0.05) is 23.3 Å². The fourth-order valence-corrected chi connectivity index (χ4v) is 5.02. The molecule has 0 radical (unpaired) electrons. The maximum absolute atomic E-state index is 4.94. The smallest absolute Gasteiger partial charge is 0.0664 e. The van der Waals surface area contributed by atoms with Crippen LogP contribution in [0.1, 0.15) is 17.7 Å². The van der Waals surface area contributed by atoms with Gasteiger partial charge in [-0.2, -0.15) is 0 Å². The van der Waals surface area contributed by atoms with Gasteiger partial charge in [0.2, 0.25) is 0 Å². The van der Waals surface area contributed by atoms with Crippen molar-refractivity contribution in [1.82, 2.24) is 9.97 Å². The van der Waals surface area contributed by atoms with Crippen molar-refractivity contribution in [2.75, 3.05) is 0 Å². The third-order valence-corrected chi connectivity index (χ3v) is 7.08. The molecule has 0 unspecified atom stereocenters. The van der Waals surface area contributed by atoms with E-state index in [2.05, 4.69) is 139 Å². The summed E-state index contributed by atoms with van der Waals surface area (Å²) in [5.41, 5.74) is 8.06. The minimum atomic E-state index is 0.978. The van der Waals surface area contributed by atoms with E-state index in [4.69, 9.17) is 4.98 Å². The lowest BCUT2D eigenvalue weighted by Gasteiger charge is -2.10. The van der Waals surface area contributed by atoms with Crippen LogP contribution in [0.2, 0.25) is 0 Å². The Morgan fingerprint density at radius 1 is 0.585 bits per heavy atom. The van der Waals surface area contributed by atoms with E-state index in [1.165, 1.54) is 32.8 Å². The molecular formula is C39H34N2. The SMILES string of the molecule is C1=Cc2nccc(-c3ccc(-c4ccccc4)cc3)cc[nH]c3ccccc3c3ccccc3c2CC1.C=CC=C. The summed E-state index contributed by atoms with van der Waals surface area (Å²) in [6.07, 6.45) is 13.6. The molecule has 2 heteroatoms. The summed E-state index contributed by atoms with van der Waals surface area (Å²) in [6.45, 7) is 6.72. The number of benzene rings is 4. The number of hydrogen-bond donors (Lipinski definition) is 1. The van der Waals surface area contributed by atoms with E-state index < -0.39 is 0 Å². The lowest BCUT2D eigenvalue weighted by atomic mass is 9.96. The van der Waals surface area contributed by atoms with Crippen molar-refractivity contribution in [3.63, 3.8) is 0 Å². The fraction of sp³-hybridized carbons (Fsp3) is 0.0513. The number of rotatable bonds is 3. The topological polar surface area (TPSA) is 28.7 Å². The molecule has 1 aliphatic carbocycles. The van der Waals surface area contributed by atoms with Gasteiger partial charge in [-0.1, -0.05) is 128 Å². The van der Waals surface area contributed by atoms with Gasteiger partial charge in [-0.15, -0.1) is 0 Å². The monoisotopic (exact) mass is 530 g/mol. The lowest BCUT2D eigenvalue weighted by molar-refractivity contribution is 0.981. The summed E-state index contributed by atoms with van der Waals surface area (Å²) in [6, 6.07) is 40.6. The van der Waals surface area contributed by atoms with Crippen LogP contribution < -0.4 is 0 Å². The maximum Gasteiger partial charge on any atom is 0.0664 e. The van der Waals surface area contributed by atoms with Gasteiger partial charge in [0.05, 0.1) is 5.69 Å². The summed E-state index contributed by atoms with van der Waals surface area (Å²) in [4.78, 5) is 8.50. The van der Waals surface area contributed by atoms with Gasteiger partial charge in [0.25, 0.3) is 0 Å². The first-order valence-electron chi connectivity index (χ1n) is 13.9. The molecule has 0 aliphatic heterocycles. The highest BCUT2D eigenvalue weighted by molar-refractivity contribution is 6.05. The predicted octanol–water partition coefficient (Wildman–Crippen LogP) is 10.6. The highest BCUT2D eigenvalue weighted by Gasteiger charge is 2.08. The minimum absolute atomic E-state index is 0.978. The number of para-hydroxylation sites is 1. The molecule has 0 saturated carbocycles. The highest BCUT2D eigenvalue weighted by Crippen LogP contribution is 2.28. The lowest BCUT2D eigenvalue weighted by Crippen LogP contribution is -1.95. The number of aryl methyl sites for hydroxylation is 1. The van der Waals surface area contributed by atoms with Crippen LogP contribution in [0.25, 0.3) is 50.0 Å². The van der Waals surface area contributed by atoms with Crippen molar-refractivity contribution in [3.8, 4) is 22.3 Å². The van der Waals surface area contributed by atoms with Crippen molar-refractivity contribution in [3.05, 3.63) is 170 Å². The molecule has 1 N–H and O–H groups in total. The third kappa shape index (κ3) is 6.69. The maximum atomic E-state index is 4.94. The number of hydrogen-bond acceptors (Lipinski definition) is 1. The van der Waals surface area contributed by atoms with Gasteiger partial charge in [0.1, 0.15) is 0 Å². The molecule has 1 heterocycles. The summed E-state index contributed by atoms with van der Waals surface area (Å²) >= 11 is 0. The van der Waals surface area contributed by atoms with Crippen LogP contribution in [-0.2, 0) is 6.42 Å². The molecule has 1 aliphatic rings. The number of nitrogens with zero attached hydrogens (tertiary/aromatic N) is 1.